The maximum absolute atomic E-state index is 11.7. The SMILES string of the molecule is Cc1sc(C(=O)Nc2ccn[nH]2)cc1N. The molecular weight excluding hydrogens is 212 g/mol. The van der Waals surface area contributed by atoms with Crippen molar-refractivity contribution in [2.75, 3.05) is 11.1 Å². The van der Waals surface area contributed by atoms with E-state index in [9.17, 15) is 4.79 Å². The number of aromatic amines is 1. The summed E-state index contributed by atoms with van der Waals surface area (Å²) in [6.45, 7) is 1.88. The number of anilines is 2. The van der Waals surface area contributed by atoms with Crippen molar-refractivity contribution in [3.8, 4) is 0 Å². The van der Waals surface area contributed by atoms with E-state index in [1.807, 2.05) is 6.92 Å². The molecule has 0 unspecified atom stereocenters. The van der Waals surface area contributed by atoms with Gasteiger partial charge in [-0.1, -0.05) is 0 Å². The van der Waals surface area contributed by atoms with E-state index in [-0.39, 0.29) is 5.91 Å². The number of H-pyrrole nitrogens is 1. The fourth-order valence-electron chi connectivity index (χ4n) is 1.12. The number of aryl methyl sites for hydroxylation is 1. The van der Waals surface area contributed by atoms with E-state index < -0.39 is 0 Å². The Kier molecular flexibility index (Phi) is 2.42. The van der Waals surface area contributed by atoms with Crippen LogP contribution in [0.1, 0.15) is 14.5 Å². The second-order valence-corrected chi connectivity index (χ2v) is 4.30. The van der Waals surface area contributed by atoms with Crippen molar-refractivity contribution in [3.63, 3.8) is 0 Å². The first-order chi connectivity index (χ1) is 7.16. The molecule has 0 aliphatic heterocycles. The van der Waals surface area contributed by atoms with Gasteiger partial charge in [0, 0.05) is 16.6 Å². The molecule has 78 valence electrons. The normalized spacial score (nSPS) is 10.2. The number of nitrogens with zero attached hydrogens (tertiary/aromatic N) is 1. The zero-order chi connectivity index (χ0) is 10.8. The second-order valence-electron chi connectivity index (χ2n) is 3.05. The fraction of sp³-hybridized carbons (Fsp3) is 0.111. The van der Waals surface area contributed by atoms with E-state index in [0.29, 0.717) is 16.4 Å². The summed E-state index contributed by atoms with van der Waals surface area (Å²) in [6.07, 6.45) is 1.57. The van der Waals surface area contributed by atoms with Crippen LogP contribution in [0.2, 0.25) is 0 Å². The zero-order valence-corrected chi connectivity index (χ0v) is 8.89. The average Bonchev–Trinajstić information content (AvgIpc) is 2.78. The van der Waals surface area contributed by atoms with E-state index in [0.717, 1.165) is 4.88 Å². The van der Waals surface area contributed by atoms with Gasteiger partial charge >= 0.3 is 0 Å². The van der Waals surface area contributed by atoms with Crippen LogP contribution in [0.4, 0.5) is 11.5 Å². The van der Waals surface area contributed by atoms with Crippen LogP contribution >= 0.6 is 11.3 Å². The molecule has 2 rings (SSSR count). The minimum absolute atomic E-state index is 0.177. The lowest BCUT2D eigenvalue weighted by molar-refractivity contribution is 0.103. The first-order valence-electron chi connectivity index (χ1n) is 4.33. The van der Waals surface area contributed by atoms with E-state index in [2.05, 4.69) is 15.5 Å². The van der Waals surface area contributed by atoms with Crippen LogP contribution in [0.5, 0.6) is 0 Å². The summed E-state index contributed by atoms with van der Waals surface area (Å²) in [4.78, 5) is 13.2. The Morgan fingerprint density at radius 3 is 3.00 bits per heavy atom. The number of carbonyl (C=O) groups excluding carboxylic acids is 1. The number of aromatic nitrogens is 2. The lowest BCUT2D eigenvalue weighted by Crippen LogP contribution is -2.10. The minimum atomic E-state index is -0.177. The number of nitrogen functional groups attached to an aromatic ring is 1. The molecule has 6 heteroatoms. The van der Waals surface area contributed by atoms with Crippen LogP contribution in [-0.4, -0.2) is 16.1 Å². The van der Waals surface area contributed by atoms with Crippen molar-refractivity contribution in [2.24, 2.45) is 0 Å². The van der Waals surface area contributed by atoms with Gasteiger partial charge in [-0.2, -0.15) is 5.10 Å². The number of amides is 1. The van der Waals surface area contributed by atoms with Gasteiger partial charge in [0.25, 0.3) is 5.91 Å². The number of rotatable bonds is 2. The molecular formula is C9H10N4OS. The summed E-state index contributed by atoms with van der Waals surface area (Å²) in [5, 5.41) is 9.06. The minimum Gasteiger partial charge on any atom is -0.398 e. The maximum Gasteiger partial charge on any atom is 0.266 e. The third kappa shape index (κ3) is 1.99. The van der Waals surface area contributed by atoms with E-state index in [4.69, 9.17) is 5.73 Å². The van der Waals surface area contributed by atoms with Crippen LogP contribution < -0.4 is 11.1 Å². The number of nitrogens with two attached hydrogens (primary N) is 1. The van der Waals surface area contributed by atoms with Crippen LogP contribution in [0.3, 0.4) is 0 Å². The molecule has 0 aliphatic carbocycles. The smallest absolute Gasteiger partial charge is 0.266 e. The molecule has 2 aromatic heterocycles. The Hall–Kier alpha value is -1.82. The molecule has 0 aromatic carbocycles. The van der Waals surface area contributed by atoms with Gasteiger partial charge in [0.05, 0.1) is 11.1 Å². The molecule has 0 spiro atoms. The molecule has 0 fully saturated rings. The third-order valence-electron chi connectivity index (χ3n) is 1.93. The van der Waals surface area contributed by atoms with Crippen LogP contribution in [0.25, 0.3) is 0 Å². The molecule has 0 aliphatic rings. The van der Waals surface area contributed by atoms with Gasteiger partial charge < -0.3 is 11.1 Å². The highest BCUT2D eigenvalue weighted by molar-refractivity contribution is 7.14. The molecule has 0 radical (unpaired) electrons. The number of nitrogens with one attached hydrogen (secondary N) is 2. The first kappa shape index (κ1) is 9.72. The summed E-state index contributed by atoms with van der Waals surface area (Å²) in [5.41, 5.74) is 6.31. The first-order valence-corrected chi connectivity index (χ1v) is 5.15. The summed E-state index contributed by atoms with van der Waals surface area (Å²) in [7, 11) is 0. The third-order valence-corrected chi connectivity index (χ3v) is 2.99. The van der Waals surface area contributed by atoms with E-state index >= 15 is 0 Å². The van der Waals surface area contributed by atoms with Gasteiger partial charge in [-0.25, -0.2) is 0 Å². The summed E-state index contributed by atoms with van der Waals surface area (Å²) < 4.78 is 0. The van der Waals surface area contributed by atoms with Gasteiger partial charge in [0.15, 0.2) is 0 Å². The molecule has 0 atom stereocenters. The molecule has 0 bridgehead atoms. The van der Waals surface area contributed by atoms with E-state index in [1.165, 1.54) is 11.3 Å². The van der Waals surface area contributed by atoms with Crippen molar-refractivity contribution >= 4 is 28.7 Å². The quantitative estimate of drug-likeness (QED) is 0.721. The van der Waals surface area contributed by atoms with Crippen LogP contribution in [0.15, 0.2) is 18.3 Å². The number of hydrogen-bond acceptors (Lipinski definition) is 4. The van der Waals surface area contributed by atoms with Gasteiger partial charge in [-0.3, -0.25) is 9.89 Å². The second kappa shape index (κ2) is 3.74. The maximum atomic E-state index is 11.7. The van der Waals surface area contributed by atoms with Crippen molar-refractivity contribution in [1.29, 1.82) is 0 Å². The predicted molar refractivity (Wildman–Crippen MR) is 60.0 cm³/mol. The number of carbonyl (C=O) groups is 1. The molecule has 0 saturated heterocycles. The van der Waals surface area contributed by atoms with Crippen LogP contribution in [0, 0.1) is 6.92 Å². The van der Waals surface area contributed by atoms with Crippen LogP contribution in [-0.2, 0) is 0 Å². The van der Waals surface area contributed by atoms with Gasteiger partial charge in [-0.15, -0.1) is 11.3 Å². The topological polar surface area (TPSA) is 83.8 Å². The monoisotopic (exact) mass is 222 g/mol. The molecule has 5 nitrogen and oxygen atoms in total. The number of hydrogen-bond donors (Lipinski definition) is 3. The number of thiophene rings is 1. The van der Waals surface area contributed by atoms with E-state index in [1.54, 1.807) is 18.3 Å². The fourth-order valence-corrected chi connectivity index (χ4v) is 1.95. The highest BCUT2D eigenvalue weighted by Crippen LogP contribution is 2.23. The lowest BCUT2D eigenvalue weighted by atomic mass is 10.3. The van der Waals surface area contributed by atoms with Crippen molar-refractivity contribution in [2.45, 2.75) is 6.92 Å². The van der Waals surface area contributed by atoms with Gasteiger partial charge in [0.1, 0.15) is 5.82 Å². The molecule has 1 amide bonds. The zero-order valence-electron chi connectivity index (χ0n) is 8.07. The largest absolute Gasteiger partial charge is 0.398 e. The highest BCUT2D eigenvalue weighted by Gasteiger charge is 2.11. The van der Waals surface area contributed by atoms with Gasteiger partial charge in [-0.05, 0) is 13.0 Å². The Bertz CT molecular complexity index is 455. The Morgan fingerprint density at radius 2 is 2.47 bits per heavy atom. The summed E-state index contributed by atoms with van der Waals surface area (Å²) >= 11 is 1.37. The molecule has 15 heavy (non-hydrogen) atoms. The summed E-state index contributed by atoms with van der Waals surface area (Å²) in [5.74, 6) is 0.397. The Morgan fingerprint density at radius 1 is 1.67 bits per heavy atom. The highest BCUT2D eigenvalue weighted by atomic mass is 32.1. The molecule has 2 aromatic rings. The lowest BCUT2D eigenvalue weighted by Gasteiger charge is -1.97. The molecule has 2 heterocycles. The Balaban J connectivity index is 2.15. The van der Waals surface area contributed by atoms with Crippen molar-refractivity contribution in [1.82, 2.24) is 10.2 Å². The average molecular weight is 222 g/mol. The van der Waals surface area contributed by atoms with Crippen molar-refractivity contribution < 1.29 is 4.79 Å². The van der Waals surface area contributed by atoms with Crippen molar-refractivity contribution in [3.05, 3.63) is 28.1 Å². The Labute approximate surface area is 90.3 Å². The standard InChI is InChI=1S/C9H10N4OS/c1-5-6(10)4-7(15-5)9(14)12-8-2-3-11-13-8/h2-4H,10H2,1H3,(H2,11,12,13,14). The summed E-state index contributed by atoms with van der Waals surface area (Å²) in [6, 6.07) is 3.35. The molecule has 0 saturated carbocycles. The molecule has 4 N–H and O–H groups in total. The predicted octanol–water partition coefficient (Wildman–Crippen LogP) is 1.61. The van der Waals surface area contributed by atoms with Gasteiger partial charge in [0.2, 0.25) is 0 Å².